The van der Waals surface area contributed by atoms with Crippen molar-refractivity contribution in [3.63, 3.8) is 0 Å². The van der Waals surface area contributed by atoms with E-state index in [1.165, 1.54) is 37.1 Å². The molecule has 0 aromatic heterocycles. The van der Waals surface area contributed by atoms with Gasteiger partial charge < -0.3 is 8.92 Å². The molecule has 0 bridgehead atoms. The molecular weight excluding hydrogens is 478 g/mol. The second-order valence-corrected chi connectivity index (χ2v) is 10.2. The molecule has 4 rings (SSSR count). The van der Waals surface area contributed by atoms with E-state index >= 15 is 0 Å². The fraction of sp³-hybridized carbons (Fsp3) is 0.0833. The van der Waals surface area contributed by atoms with Gasteiger partial charge >= 0.3 is 10.1 Å². The Labute approximate surface area is 202 Å². The molecule has 6 nitrogen and oxygen atoms in total. The molecule has 1 aliphatic rings. The quantitative estimate of drug-likeness (QED) is 0.262. The Bertz CT molecular complexity index is 1320. The van der Waals surface area contributed by atoms with E-state index in [0.717, 1.165) is 5.56 Å². The standard InChI is InChI=1S/C24H19NO5S3/c1-29-21-14-18(12-13-20(21)30-33(27,28)19-10-6-3-7-11-19)15-22-23(26)25(24(31)32-22)16-17-8-4-2-5-9-17/h2-15H,16H2,1H3. The van der Waals surface area contributed by atoms with Gasteiger partial charge in [-0.25, -0.2) is 0 Å². The first-order valence-corrected chi connectivity index (χ1v) is 12.5. The molecule has 1 amide bonds. The molecule has 1 aliphatic heterocycles. The highest BCUT2D eigenvalue weighted by Crippen LogP contribution is 2.36. The van der Waals surface area contributed by atoms with Crippen LogP contribution in [-0.4, -0.2) is 30.7 Å². The van der Waals surface area contributed by atoms with Crippen molar-refractivity contribution in [2.45, 2.75) is 11.4 Å². The Balaban J connectivity index is 1.55. The van der Waals surface area contributed by atoms with Crippen LogP contribution in [0.3, 0.4) is 0 Å². The van der Waals surface area contributed by atoms with Gasteiger partial charge in [-0.1, -0.05) is 78.6 Å². The Morgan fingerprint density at radius 1 is 0.970 bits per heavy atom. The fourth-order valence-electron chi connectivity index (χ4n) is 3.15. The molecule has 0 unspecified atom stereocenters. The van der Waals surface area contributed by atoms with Gasteiger partial charge in [0, 0.05) is 0 Å². The van der Waals surface area contributed by atoms with Gasteiger partial charge in [0.2, 0.25) is 0 Å². The third-order valence-electron chi connectivity index (χ3n) is 4.77. The van der Waals surface area contributed by atoms with E-state index in [1.54, 1.807) is 41.3 Å². The van der Waals surface area contributed by atoms with Gasteiger partial charge in [-0.2, -0.15) is 8.42 Å². The Morgan fingerprint density at radius 3 is 2.30 bits per heavy atom. The topological polar surface area (TPSA) is 72.9 Å². The normalized spacial score (nSPS) is 15.2. The molecule has 0 spiro atoms. The van der Waals surface area contributed by atoms with Crippen molar-refractivity contribution in [2.24, 2.45) is 0 Å². The third kappa shape index (κ3) is 5.27. The first-order chi connectivity index (χ1) is 15.9. The van der Waals surface area contributed by atoms with Crippen molar-refractivity contribution in [3.8, 4) is 11.5 Å². The number of hydrogen-bond acceptors (Lipinski definition) is 7. The van der Waals surface area contributed by atoms with Crippen LogP contribution in [-0.2, 0) is 21.5 Å². The highest BCUT2D eigenvalue weighted by Gasteiger charge is 2.32. The number of nitrogens with zero attached hydrogens (tertiary/aromatic N) is 1. The number of carbonyl (C=O) groups excluding carboxylic acids is 1. The Kier molecular flexibility index (Phi) is 6.83. The summed E-state index contributed by atoms with van der Waals surface area (Å²) in [4.78, 5) is 15.0. The van der Waals surface area contributed by atoms with Crippen LogP contribution in [0.2, 0.25) is 0 Å². The number of ether oxygens (including phenoxy) is 1. The van der Waals surface area contributed by atoms with Crippen molar-refractivity contribution < 1.29 is 22.1 Å². The zero-order chi connectivity index (χ0) is 23.4. The molecule has 3 aromatic carbocycles. The molecule has 1 fully saturated rings. The van der Waals surface area contributed by atoms with Gasteiger partial charge in [-0.15, -0.1) is 0 Å². The Hall–Kier alpha value is -3.14. The molecule has 0 atom stereocenters. The van der Waals surface area contributed by atoms with E-state index in [4.69, 9.17) is 21.1 Å². The van der Waals surface area contributed by atoms with E-state index in [0.29, 0.717) is 21.3 Å². The molecule has 3 aromatic rings. The molecule has 9 heteroatoms. The fourth-order valence-corrected chi connectivity index (χ4v) is 5.37. The summed E-state index contributed by atoms with van der Waals surface area (Å²) in [6, 6.07) is 22.2. The van der Waals surface area contributed by atoms with Crippen LogP contribution >= 0.6 is 24.0 Å². The summed E-state index contributed by atoms with van der Waals surface area (Å²) in [5.74, 6) is 0.0953. The summed E-state index contributed by atoms with van der Waals surface area (Å²) in [7, 11) is -2.59. The van der Waals surface area contributed by atoms with Gasteiger partial charge in [0.1, 0.15) is 9.22 Å². The van der Waals surface area contributed by atoms with Crippen molar-refractivity contribution in [2.75, 3.05) is 7.11 Å². The molecular formula is C24H19NO5S3. The lowest BCUT2D eigenvalue weighted by atomic mass is 10.1. The molecule has 1 saturated heterocycles. The average Bonchev–Trinajstić information content (AvgIpc) is 3.08. The minimum absolute atomic E-state index is 0.0400. The summed E-state index contributed by atoms with van der Waals surface area (Å²) in [6.45, 7) is 0.399. The van der Waals surface area contributed by atoms with E-state index < -0.39 is 10.1 Å². The van der Waals surface area contributed by atoms with Gasteiger partial charge in [0.25, 0.3) is 5.91 Å². The largest absolute Gasteiger partial charge is 0.493 e. The van der Waals surface area contributed by atoms with Crippen LogP contribution in [0, 0.1) is 0 Å². The number of benzene rings is 3. The summed E-state index contributed by atoms with van der Waals surface area (Å²) in [5.41, 5.74) is 1.63. The van der Waals surface area contributed by atoms with E-state index in [1.807, 2.05) is 30.3 Å². The maximum atomic E-state index is 12.9. The summed E-state index contributed by atoms with van der Waals surface area (Å²) in [6.07, 6.45) is 1.70. The highest BCUT2D eigenvalue weighted by atomic mass is 32.2. The second-order valence-electron chi connectivity index (χ2n) is 7.01. The zero-order valence-electron chi connectivity index (χ0n) is 17.5. The third-order valence-corrected chi connectivity index (χ3v) is 7.40. The van der Waals surface area contributed by atoms with Crippen LogP contribution < -0.4 is 8.92 Å². The number of rotatable bonds is 7. The Morgan fingerprint density at radius 2 is 1.64 bits per heavy atom. The number of amides is 1. The van der Waals surface area contributed by atoms with E-state index in [-0.39, 0.29) is 22.3 Å². The first kappa shape index (κ1) is 23.0. The lowest BCUT2D eigenvalue weighted by Gasteiger charge is -2.14. The van der Waals surface area contributed by atoms with Crippen molar-refractivity contribution in [1.29, 1.82) is 0 Å². The summed E-state index contributed by atoms with van der Waals surface area (Å²) in [5, 5.41) is 0. The van der Waals surface area contributed by atoms with Gasteiger partial charge in [-0.3, -0.25) is 9.69 Å². The number of thiocarbonyl (C=S) groups is 1. The number of thioether (sulfide) groups is 1. The lowest BCUT2D eigenvalue weighted by molar-refractivity contribution is -0.122. The van der Waals surface area contributed by atoms with Crippen LogP contribution in [0.5, 0.6) is 11.5 Å². The number of carbonyl (C=O) groups is 1. The average molecular weight is 498 g/mol. The summed E-state index contributed by atoms with van der Waals surface area (Å²) >= 11 is 6.62. The van der Waals surface area contributed by atoms with Gasteiger partial charge in [0.15, 0.2) is 11.5 Å². The monoisotopic (exact) mass is 497 g/mol. The maximum Gasteiger partial charge on any atom is 0.339 e. The van der Waals surface area contributed by atoms with Crippen molar-refractivity contribution >= 4 is 50.4 Å². The zero-order valence-corrected chi connectivity index (χ0v) is 20.0. The van der Waals surface area contributed by atoms with Crippen LogP contribution in [0.1, 0.15) is 11.1 Å². The highest BCUT2D eigenvalue weighted by molar-refractivity contribution is 8.26. The van der Waals surface area contributed by atoms with Crippen LogP contribution in [0.4, 0.5) is 0 Å². The number of methoxy groups -OCH3 is 1. The molecule has 0 radical (unpaired) electrons. The minimum atomic E-state index is -4.01. The predicted molar refractivity (Wildman–Crippen MR) is 132 cm³/mol. The van der Waals surface area contributed by atoms with E-state index in [9.17, 15) is 13.2 Å². The molecule has 168 valence electrons. The lowest BCUT2D eigenvalue weighted by Crippen LogP contribution is -2.27. The molecule has 0 N–H and O–H groups in total. The van der Waals surface area contributed by atoms with Crippen molar-refractivity contribution in [1.82, 2.24) is 4.90 Å². The first-order valence-electron chi connectivity index (χ1n) is 9.84. The smallest absolute Gasteiger partial charge is 0.339 e. The molecule has 1 heterocycles. The van der Waals surface area contributed by atoms with Crippen LogP contribution in [0.15, 0.2) is 88.7 Å². The summed E-state index contributed by atoms with van der Waals surface area (Å²) < 4.78 is 36.2. The predicted octanol–water partition coefficient (Wildman–Crippen LogP) is 4.86. The van der Waals surface area contributed by atoms with Gasteiger partial charge in [-0.05, 0) is 41.5 Å². The second kappa shape index (κ2) is 9.78. The van der Waals surface area contributed by atoms with Gasteiger partial charge in [0.05, 0.1) is 18.6 Å². The maximum absolute atomic E-state index is 12.9. The number of hydrogen-bond donors (Lipinski definition) is 0. The van der Waals surface area contributed by atoms with Crippen LogP contribution in [0.25, 0.3) is 6.08 Å². The minimum Gasteiger partial charge on any atom is -0.493 e. The molecule has 0 aliphatic carbocycles. The van der Waals surface area contributed by atoms with E-state index in [2.05, 4.69) is 0 Å². The SMILES string of the molecule is COc1cc(C=C2SC(=S)N(Cc3ccccc3)C2=O)ccc1OS(=O)(=O)c1ccccc1. The molecule has 0 saturated carbocycles. The molecule has 33 heavy (non-hydrogen) atoms. The van der Waals surface area contributed by atoms with Crippen molar-refractivity contribution in [3.05, 3.63) is 94.9 Å².